The lowest BCUT2D eigenvalue weighted by Crippen LogP contribution is -2.29. The van der Waals surface area contributed by atoms with Crippen LogP contribution in [0.2, 0.25) is 0 Å². The minimum absolute atomic E-state index is 0.230. The second-order valence-corrected chi connectivity index (χ2v) is 8.60. The number of ether oxygens (including phenoxy) is 1. The molecule has 0 heterocycles. The Balaban J connectivity index is 0.000000244. The SMILES string of the molecule is CCCC(=O)NCC1CCCCC1.CCc1ccc(C(=O)OC)c(-c2ccccc2C)c1. The molecule has 2 aromatic rings. The van der Waals surface area contributed by atoms with Gasteiger partial charge in [-0.15, -0.1) is 0 Å². The first-order valence-corrected chi connectivity index (χ1v) is 12.0. The fraction of sp³-hybridized carbons (Fsp3) is 0.500. The molecule has 3 rings (SSSR count). The van der Waals surface area contributed by atoms with E-state index in [9.17, 15) is 9.59 Å². The van der Waals surface area contributed by atoms with Crippen LogP contribution < -0.4 is 5.32 Å². The summed E-state index contributed by atoms with van der Waals surface area (Å²) < 4.78 is 4.87. The quantitative estimate of drug-likeness (QED) is 0.503. The molecule has 2 aromatic carbocycles. The molecule has 4 heteroatoms. The number of carbonyl (C=O) groups excluding carboxylic acids is 2. The van der Waals surface area contributed by atoms with Crippen LogP contribution in [-0.2, 0) is 16.0 Å². The molecule has 1 saturated carbocycles. The summed E-state index contributed by atoms with van der Waals surface area (Å²) >= 11 is 0. The second kappa shape index (κ2) is 13.7. The van der Waals surface area contributed by atoms with Crippen molar-refractivity contribution in [1.82, 2.24) is 5.32 Å². The van der Waals surface area contributed by atoms with Gasteiger partial charge < -0.3 is 10.1 Å². The number of amides is 1. The average molecular weight is 438 g/mol. The van der Waals surface area contributed by atoms with E-state index in [2.05, 4.69) is 31.3 Å². The molecule has 0 bridgehead atoms. The highest BCUT2D eigenvalue weighted by Crippen LogP contribution is 2.28. The molecule has 1 aliphatic carbocycles. The van der Waals surface area contributed by atoms with Gasteiger partial charge in [0.2, 0.25) is 5.91 Å². The molecule has 174 valence electrons. The van der Waals surface area contributed by atoms with E-state index in [-0.39, 0.29) is 11.9 Å². The van der Waals surface area contributed by atoms with Gasteiger partial charge in [-0.2, -0.15) is 0 Å². The Kier molecular flexibility index (Phi) is 11.0. The van der Waals surface area contributed by atoms with E-state index < -0.39 is 0 Å². The molecule has 0 atom stereocenters. The number of hydrogen-bond donors (Lipinski definition) is 1. The molecule has 0 aromatic heterocycles. The lowest BCUT2D eigenvalue weighted by Gasteiger charge is -2.21. The number of nitrogens with one attached hydrogen (secondary N) is 1. The van der Waals surface area contributed by atoms with Gasteiger partial charge in [0.25, 0.3) is 0 Å². The molecule has 1 fully saturated rings. The minimum atomic E-state index is -0.291. The Morgan fingerprint density at radius 2 is 1.72 bits per heavy atom. The number of rotatable bonds is 7. The molecule has 1 N–H and O–H groups in total. The van der Waals surface area contributed by atoms with E-state index in [4.69, 9.17) is 4.74 Å². The zero-order valence-corrected chi connectivity index (χ0v) is 20.2. The molecule has 0 unspecified atom stereocenters. The van der Waals surface area contributed by atoms with Gasteiger partial charge in [-0.25, -0.2) is 4.79 Å². The molecule has 32 heavy (non-hydrogen) atoms. The van der Waals surface area contributed by atoms with Crippen LogP contribution in [-0.4, -0.2) is 25.5 Å². The van der Waals surface area contributed by atoms with Crippen molar-refractivity contribution in [2.75, 3.05) is 13.7 Å². The summed E-state index contributed by atoms with van der Waals surface area (Å²) in [5.41, 5.74) is 5.02. The first kappa shape index (κ1) is 25.6. The molecule has 1 amide bonds. The average Bonchev–Trinajstić information content (AvgIpc) is 2.83. The van der Waals surface area contributed by atoms with Crippen molar-refractivity contribution in [3.8, 4) is 11.1 Å². The monoisotopic (exact) mass is 437 g/mol. The molecular weight excluding hydrogens is 398 g/mol. The van der Waals surface area contributed by atoms with Crippen LogP contribution in [0.5, 0.6) is 0 Å². The molecule has 1 aliphatic rings. The standard InChI is InChI=1S/C17H18O2.C11H21NO/c1-4-13-9-10-15(17(18)19-3)16(11-13)14-8-6-5-7-12(14)2;1-2-6-11(13)12-9-10-7-4-3-5-8-10/h5-11H,4H2,1-3H3;10H,2-9H2,1H3,(H,12,13). The van der Waals surface area contributed by atoms with Crippen LogP contribution in [0.3, 0.4) is 0 Å². The van der Waals surface area contributed by atoms with E-state index in [1.165, 1.54) is 44.8 Å². The van der Waals surface area contributed by atoms with Gasteiger partial charge in [-0.1, -0.05) is 69.5 Å². The van der Waals surface area contributed by atoms with E-state index in [0.717, 1.165) is 42.0 Å². The second-order valence-electron chi connectivity index (χ2n) is 8.60. The Hall–Kier alpha value is -2.62. The summed E-state index contributed by atoms with van der Waals surface area (Å²) in [4.78, 5) is 23.1. The maximum Gasteiger partial charge on any atom is 0.338 e. The summed E-state index contributed by atoms with van der Waals surface area (Å²) in [6.45, 7) is 7.11. The molecule has 0 radical (unpaired) electrons. The van der Waals surface area contributed by atoms with Gasteiger partial charge in [0.1, 0.15) is 0 Å². The maximum atomic E-state index is 11.9. The van der Waals surface area contributed by atoms with E-state index >= 15 is 0 Å². The van der Waals surface area contributed by atoms with Crippen LogP contribution in [0.4, 0.5) is 0 Å². The highest BCUT2D eigenvalue weighted by Gasteiger charge is 2.15. The van der Waals surface area contributed by atoms with Crippen LogP contribution in [0.1, 0.15) is 80.3 Å². The fourth-order valence-corrected chi connectivity index (χ4v) is 4.16. The van der Waals surface area contributed by atoms with Gasteiger partial charge in [-0.3, -0.25) is 4.79 Å². The third-order valence-corrected chi connectivity index (χ3v) is 6.12. The van der Waals surface area contributed by atoms with Crippen molar-refractivity contribution in [2.24, 2.45) is 5.92 Å². The van der Waals surface area contributed by atoms with Crippen LogP contribution >= 0.6 is 0 Å². The summed E-state index contributed by atoms with van der Waals surface area (Å²) in [5.74, 6) is 0.698. The lowest BCUT2D eigenvalue weighted by molar-refractivity contribution is -0.121. The van der Waals surface area contributed by atoms with E-state index in [1.807, 2.05) is 37.3 Å². The predicted octanol–water partition coefficient (Wildman–Crippen LogP) is 6.49. The normalized spacial score (nSPS) is 13.6. The third kappa shape index (κ3) is 7.81. The molecule has 0 aliphatic heterocycles. The number of carbonyl (C=O) groups is 2. The van der Waals surface area contributed by atoms with Crippen LogP contribution in [0.25, 0.3) is 11.1 Å². The number of benzene rings is 2. The molecule has 0 spiro atoms. The first-order valence-electron chi connectivity index (χ1n) is 12.0. The Morgan fingerprint density at radius 3 is 2.34 bits per heavy atom. The fourth-order valence-electron chi connectivity index (χ4n) is 4.16. The summed E-state index contributed by atoms with van der Waals surface area (Å²) in [5, 5.41) is 3.01. The zero-order chi connectivity index (χ0) is 23.3. The first-order chi connectivity index (χ1) is 15.5. The summed E-state index contributed by atoms with van der Waals surface area (Å²) in [6.07, 6.45) is 9.31. The molecule has 4 nitrogen and oxygen atoms in total. The van der Waals surface area contributed by atoms with Gasteiger partial charge in [0.15, 0.2) is 0 Å². The topological polar surface area (TPSA) is 55.4 Å². The van der Waals surface area contributed by atoms with Crippen molar-refractivity contribution < 1.29 is 14.3 Å². The van der Waals surface area contributed by atoms with Crippen LogP contribution in [0, 0.1) is 12.8 Å². The van der Waals surface area contributed by atoms with Crippen molar-refractivity contribution in [3.63, 3.8) is 0 Å². The Labute approximate surface area is 193 Å². The van der Waals surface area contributed by atoms with Crippen molar-refractivity contribution in [1.29, 1.82) is 0 Å². The number of esters is 1. The van der Waals surface area contributed by atoms with Gasteiger partial charge in [0, 0.05) is 13.0 Å². The third-order valence-electron chi connectivity index (χ3n) is 6.12. The van der Waals surface area contributed by atoms with Gasteiger partial charge in [-0.05, 0) is 66.8 Å². The van der Waals surface area contributed by atoms with E-state index in [0.29, 0.717) is 12.0 Å². The summed E-state index contributed by atoms with van der Waals surface area (Å²) in [6, 6.07) is 14.0. The van der Waals surface area contributed by atoms with Crippen molar-refractivity contribution in [3.05, 3.63) is 59.2 Å². The lowest BCUT2D eigenvalue weighted by atomic mass is 9.89. The molecular formula is C28H39NO3. The highest BCUT2D eigenvalue weighted by molar-refractivity contribution is 5.97. The predicted molar refractivity (Wildman–Crippen MR) is 132 cm³/mol. The number of hydrogen-bond acceptors (Lipinski definition) is 3. The zero-order valence-electron chi connectivity index (χ0n) is 20.2. The van der Waals surface area contributed by atoms with E-state index in [1.54, 1.807) is 0 Å². The minimum Gasteiger partial charge on any atom is -0.465 e. The Morgan fingerprint density at radius 1 is 1.00 bits per heavy atom. The van der Waals surface area contributed by atoms with Crippen LogP contribution in [0.15, 0.2) is 42.5 Å². The maximum absolute atomic E-state index is 11.9. The van der Waals surface area contributed by atoms with Crippen molar-refractivity contribution >= 4 is 11.9 Å². The number of methoxy groups -OCH3 is 1. The number of aryl methyl sites for hydroxylation is 2. The van der Waals surface area contributed by atoms with Gasteiger partial charge >= 0.3 is 5.97 Å². The van der Waals surface area contributed by atoms with Crippen molar-refractivity contribution in [2.45, 2.75) is 72.1 Å². The Bertz CT molecular complexity index is 869. The summed E-state index contributed by atoms with van der Waals surface area (Å²) in [7, 11) is 1.41. The largest absolute Gasteiger partial charge is 0.465 e. The highest BCUT2D eigenvalue weighted by atomic mass is 16.5. The van der Waals surface area contributed by atoms with Gasteiger partial charge in [0.05, 0.1) is 12.7 Å². The molecule has 0 saturated heterocycles. The smallest absolute Gasteiger partial charge is 0.338 e.